The number of ether oxygens (including phenoxy) is 4. The van der Waals surface area contributed by atoms with Crippen LogP contribution in [0.4, 0.5) is 0 Å². The third-order valence-corrected chi connectivity index (χ3v) is 7.06. The predicted molar refractivity (Wildman–Crippen MR) is 87.0 cm³/mol. The van der Waals surface area contributed by atoms with Gasteiger partial charge in [-0.1, -0.05) is 0 Å². The van der Waals surface area contributed by atoms with E-state index in [4.69, 9.17) is 18.9 Å². The molecule has 6 rings (SSSR count). The predicted octanol–water partition coefficient (Wildman–Crippen LogP) is 1.71. The SMILES string of the molecule is CN1CC[C@@]23c4cc5c(cc4C(=O)[C@@H]2CC2(C[C@@H]13)OCCO2)OCO5. The molecule has 5 aliphatic rings. The lowest BCUT2D eigenvalue weighted by Crippen LogP contribution is -2.57. The minimum atomic E-state index is -0.592. The van der Waals surface area contributed by atoms with Crippen molar-refractivity contribution < 1.29 is 23.7 Å². The Bertz CT molecular complexity index is 786. The molecule has 0 bridgehead atoms. The molecule has 6 nitrogen and oxygen atoms in total. The van der Waals surface area contributed by atoms with Crippen molar-refractivity contribution >= 4 is 5.78 Å². The molecule has 0 radical (unpaired) electrons. The molecule has 6 heteroatoms. The first-order valence-electron chi connectivity index (χ1n) is 9.09. The van der Waals surface area contributed by atoms with Crippen LogP contribution in [0, 0.1) is 5.92 Å². The van der Waals surface area contributed by atoms with Gasteiger partial charge in [-0.2, -0.15) is 0 Å². The molecule has 3 aliphatic heterocycles. The van der Waals surface area contributed by atoms with E-state index < -0.39 is 5.79 Å². The summed E-state index contributed by atoms with van der Waals surface area (Å²) in [6.07, 6.45) is 2.46. The fraction of sp³-hybridized carbons (Fsp3) is 0.632. The van der Waals surface area contributed by atoms with Crippen LogP contribution < -0.4 is 9.47 Å². The molecule has 0 amide bonds. The van der Waals surface area contributed by atoms with Crippen LogP contribution in [0.5, 0.6) is 11.5 Å². The van der Waals surface area contributed by atoms with Gasteiger partial charge in [-0.3, -0.25) is 4.79 Å². The van der Waals surface area contributed by atoms with Crippen LogP contribution in [0.2, 0.25) is 0 Å². The molecule has 1 saturated carbocycles. The third-order valence-electron chi connectivity index (χ3n) is 7.06. The molecule has 2 aliphatic carbocycles. The number of rotatable bonds is 0. The molecule has 25 heavy (non-hydrogen) atoms. The number of fused-ring (bicyclic) bond motifs is 2. The highest BCUT2D eigenvalue weighted by molar-refractivity contribution is 6.05. The average Bonchev–Trinajstić information content (AvgIpc) is 3.36. The van der Waals surface area contributed by atoms with Gasteiger partial charge >= 0.3 is 0 Å². The number of benzene rings is 1. The number of carbonyl (C=O) groups is 1. The molecule has 2 saturated heterocycles. The standard InChI is InChI=1S/C19H21NO5/c1-20-3-2-19-12-7-15-14(22-10-23-15)6-11(12)17(21)13(19)8-18(9-16(19)20)24-4-5-25-18/h6-7,13,16H,2-5,8-10H2,1H3/t13-,16+,19+/m0/s1. The molecular formula is C19H21NO5. The Morgan fingerprint density at radius 3 is 2.68 bits per heavy atom. The average molecular weight is 343 g/mol. The van der Waals surface area contributed by atoms with E-state index in [0.29, 0.717) is 25.4 Å². The topological polar surface area (TPSA) is 57.2 Å². The summed E-state index contributed by atoms with van der Waals surface area (Å²) in [5.74, 6) is 0.987. The smallest absolute Gasteiger partial charge is 0.231 e. The van der Waals surface area contributed by atoms with Crippen LogP contribution in [0.1, 0.15) is 35.2 Å². The summed E-state index contributed by atoms with van der Waals surface area (Å²) < 4.78 is 23.2. The highest BCUT2D eigenvalue weighted by Gasteiger charge is 2.66. The van der Waals surface area contributed by atoms with Gasteiger partial charge in [0, 0.05) is 35.8 Å². The number of likely N-dealkylation sites (N-methyl/N-ethyl adjacent to an activating group) is 1. The number of carbonyl (C=O) groups excluding carboxylic acids is 1. The molecule has 0 aromatic heterocycles. The van der Waals surface area contributed by atoms with Crippen molar-refractivity contribution in [1.29, 1.82) is 0 Å². The van der Waals surface area contributed by atoms with E-state index in [9.17, 15) is 4.79 Å². The minimum absolute atomic E-state index is 0.0909. The van der Waals surface area contributed by atoms with Crippen LogP contribution in [-0.4, -0.2) is 56.1 Å². The third kappa shape index (κ3) is 1.63. The van der Waals surface area contributed by atoms with Crippen molar-refractivity contribution in [3.63, 3.8) is 0 Å². The van der Waals surface area contributed by atoms with Gasteiger partial charge in [0.2, 0.25) is 6.79 Å². The molecule has 1 aromatic rings. The Morgan fingerprint density at radius 2 is 1.88 bits per heavy atom. The van der Waals surface area contributed by atoms with Crippen LogP contribution in [0.15, 0.2) is 12.1 Å². The molecule has 2 spiro atoms. The first kappa shape index (κ1) is 14.5. The normalized spacial score (nSPS) is 37.4. The molecule has 0 N–H and O–H groups in total. The van der Waals surface area contributed by atoms with Crippen LogP contribution in [-0.2, 0) is 14.9 Å². The van der Waals surface area contributed by atoms with E-state index in [-0.39, 0.29) is 30.0 Å². The van der Waals surface area contributed by atoms with Crippen LogP contribution in [0.25, 0.3) is 0 Å². The molecule has 1 aromatic carbocycles. The second-order valence-corrected chi connectivity index (χ2v) is 7.97. The number of Topliss-reactive ketones (excluding diaryl/α,β-unsaturated/α-hetero) is 1. The summed E-state index contributed by atoms with van der Waals surface area (Å²) in [6, 6.07) is 4.21. The van der Waals surface area contributed by atoms with Gasteiger partial charge < -0.3 is 23.8 Å². The van der Waals surface area contributed by atoms with Gasteiger partial charge in [-0.05, 0) is 37.7 Å². The molecule has 3 fully saturated rings. The summed E-state index contributed by atoms with van der Waals surface area (Å²) in [7, 11) is 2.15. The Labute approximate surface area is 146 Å². The van der Waals surface area contributed by atoms with E-state index in [1.54, 1.807) is 0 Å². The minimum Gasteiger partial charge on any atom is -0.454 e. The van der Waals surface area contributed by atoms with Crippen molar-refractivity contribution in [2.45, 2.75) is 36.5 Å². The first-order valence-corrected chi connectivity index (χ1v) is 9.09. The van der Waals surface area contributed by atoms with Crippen LogP contribution in [0.3, 0.4) is 0 Å². The molecule has 3 atom stereocenters. The maximum Gasteiger partial charge on any atom is 0.231 e. The highest BCUT2D eigenvalue weighted by Crippen LogP contribution is 2.61. The second-order valence-electron chi connectivity index (χ2n) is 7.97. The van der Waals surface area contributed by atoms with Crippen molar-refractivity contribution in [1.82, 2.24) is 4.90 Å². The number of hydrogen-bond acceptors (Lipinski definition) is 6. The molecule has 3 heterocycles. The number of hydrogen-bond donors (Lipinski definition) is 0. The quantitative estimate of drug-likeness (QED) is 0.715. The van der Waals surface area contributed by atoms with Gasteiger partial charge in [0.05, 0.1) is 13.2 Å². The number of nitrogens with zero attached hydrogens (tertiary/aromatic N) is 1. The summed E-state index contributed by atoms with van der Waals surface area (Å²) in [6.45, 7) is 2.45. The summed E-state index contributed by atoms with van der Waals surface area (Å²) in [5.41, 5.74) is 1.81. The number of likely N-dealkylation sites (tertiary alicyclic amines) is 1. The highest BCUT2D eigenvalue weighted by atomic mass is 16.7. The maximum atomic E-state index is 13.4. The zero-order valence-corrected chi connectivity index (χ0v) is 14.2. The van der Waals surface area contributed by atoms with Gasteiger partial charge in [0.25, 0.3) is 0 Å². The fourth-order valence-electron chi connectivity index (χ4n) is 5.97. The Kier molecular flexibility index (Phi) is 2.65. The monoisotopic (exact) mass is 343 g/mol. The number of ketones is 1. The van der Waals surface area contributed by atoms with E-state index in [1.807, 2.05) is 6.07 Å². The lowest BCUT2D eigenvalue weighted by molar-refractivity contribution is -0.202. The first-order chi connectivity index (χ1) is 12.1. The summed E-state index contributed by atoms with van der Waals surface area (Å²) >= 11 is 0. The zero-order valence-electron chi connectivity index (χ0n) is 14.2. The van der Waals surface area contributed by atoms with Crippen LogP contribution >= 0.6 is 0 Å². The molecular weight excluding hydrogens is 322 g/mol. The van der Waals surface area contributed by atoms with E-state index >= 15 is 0 Å². The summed E-state index contributed by atoms with van der Waals surface area (Å²) in [4.78, 5) is 15.8. The van der Waals surface area contributed by atoms with Crippen molar-refractivity contribution in [2.75, 3.05) is 33.6 Å². The van der Waals surface area contributed by atoms with Crippen molar-refractivity contribution in [2.24, 2.45) is 5.92 Å². The summed E-state index contributed by atoms with van der Waals surface area (Å²) in [5, 5.41) is 0. The maximum absolute atomic E-state index is 13.4. The van der Waals surface area contributed by atoms with E-state index in [2.05, 4.69) is 18.0 Å². The molecule has 132 valence electrons. The van der Waals surface area contributed by atoms with E-state index in [1.165, 1.54) is 0 Å². The second kappa shape index (κ2) is 4.55. The Balaban J connectivity index is 1.54. The van der Waals surface area contributed by atoms with Gasteiger partial charge in [-0.25, -0.2) is 0 Å². The Hall–Kier alpha value is -1.63. The fourth-order valence-corrected chi connectivity index (χ4v) is 5.97. The largest absolute Gasteiger partial charge is 0.454 e. The Morgan fingerprint density at radius 1 is 1.12 bits per heavy atom. The van der Waals surface area contributed by atoms with Gasteiger partial charge in [0.15, 0.2) is 23.1 Å². The lowest BCUT2D eigenvalue weighted by atomic mass is 9.61. The zero-order chi connectivity index (χ0) is 16.8. The van der Waals surface area contributed by atoms with Crippen molar-refractivity contribution in [3.05, 3.63) is 23.3 Å². The lowest BCUT2D eigenvalue weighted by Gasteiger charge is -2.49. The van der Waals surface area contributed by atoms with Crippen molar-refractivity contribution in [3.8, 4) is 11.5 Å². The van der Waals surface area contributed by atoms with Gasteiger partial charge in [0.1, 0.15) is 0 Å². The molecule has 0 unspecified atom stereocenters. The van der Waals surface area contributed by atoms with E-state index in [0.717, 1.165) is 36.3 Å². The van der Waals surface area contributed by atoms with Gasteiger partial charge in [-0.15, -0.1) is 0 Å².